The number of carbonyl (C=O) groups is 1. The fraction of sp³-hybridized carbons (Fsp3) is 0.296. The number of hydrogen-bond donors (Lipinski definition) is 2. The van der Waals surface area contributed by atoms with E-state index in [0.717, 1.165) is 48.4 Å². The number of amides is 1. The molecule has 6 heteroatoms. The highest BCUT2D eigenvalue weighted by Gasteiger charge is 2.47. The summed E-state index contributed by atoms with van der Waals surface area (Å²) in [5.74, 6) is 1.63. The standard InChI is InChI=1S/C27H28N4O2/c1-19(27(13-14-27)31-26(32)22-16-28-18-29-17-22)30-15-20-9-11-23(12-10-20)33-25-8-4-6-21-5-2-3-7-24(21)25/h4,6,8-12,16-18,30H,1-3,5,7,13-15H2,(H,31,32). The van der Waals surface area contributed by atoms with E-state index in [-0.39, 0.29) is 5.91 Å². The maximum Gasteiger partial charge on any atom is 0.255 e. The first kappa shape index (κ1) is 21.2. The fourth-order valence-corrected chi connectivity index (χ4v) is 4.36. The summed E-state index contributed by atoms with van der Waals surface area (Å²) >= 11 is 0. The quantitative estimate of drug-likeness (QED) is 0.530. The second kappa shape index (κ2) is 9.06. The molecule has 0 atom stereocenters. The highest BCUT2D eigenvalue weighted by atomic mass is 16.5. The van der Waals surface area contributed by atoms with Gasteiger partial charge in [0.25, 0.3) is 5.91 Å². The number of aromatic nitrogens is 2. The van der Waals surface area contributed by atoms with Crippen molar-refractivity contribution in [1.82, 2.24) is 20.6 Å². The summed E-state index contributed by atoms with van der Waals surface area (Å²) in [4.78, 5) is 20.3. The lowest BCUT2D eigenvalue weighted by molar-refractivity contribution is 0.0936. The zero-order valence-corrected chi connectivity index (χ0v) is 18.6. The van der Waals surface area contributed by atoms with Crippen molar-refractivity contribution in [2.45, 2.75) is 50.6 Å². The minimum atomic E-state index is -0.400. The molecule has 1 aromatic heterocycles. The van der Waals surface area contributed by atoms with Crippen molar-refractivity contribution >= 4 is 5.91 Å². The molecular formula is C27H28N4O2. The molecule has 0 unspecified atom stereocenters. The van der Waals surface area contributed by atoms with Crippen LogP contribution in [0.2, 0.25) is 0 Å². The number of aryl methyl sites for hydroxylation is 1. The second-order valence-electron chi connectivity index (χ2n) is 8.84. The van der Waals surface area contributed by atoms with E-state index in [1.165, 1.54) is 42.7 Å². The van der Waals surface area contributed by atoms with Crippen LogP contribution < -0.4 is 15.4 Å². The van der Waals surface area contributed by atoms with Crippen molar-refractivity contribution in [2.75, 3.05) is 0 Å². The summed E-state index contributed by atoms with van der Waals surface area (Å²) in [6, 6.07) is 14.5. The van der Waals surface area contributed by atoms with Crippen LogP contribution in [0.15, 0.2) is 73.5 Å². The highest BCUT2D eigenvalue weighted by molar-refractivity contribution is 5.94. The molecular weight excluding hydrogens is 412 g/mol. The Bertz CT molecular complexity index is 1150. The first-order chi connectivity index (χ1) is 16.1. The van der Waals surface area contributed by atoms with Crippen LogP contribution in [0.1, 0.15) is 52.7 Å². The van der Waals surface area contributed by atoms with Crippen molar-refractivity contribution in [1.29, 1.82) is 0 Å². The van der Waals surface area contributed by atoms with Gasteiger partial charge >= 0.3 is 0 Å². The van der Waals surface area contributed by atoms with Crippen molar-refractivity contribution in [2.24, 2.45) is 0 Å². The van der Waals surface area contributed by atoms with E-state index in [9.17, 15) is 4.79 Å². The molecule has 2 aliphatic rings. The van der Waals surface area contributed by atoms with E-state index in [2.05, 4.69) is 57.5 Å². The Labute approximate surface area is 194 Å². The number of benzene rings is 2. The monoisotopic (exact) mass is 440 g/mol. The lowest BCUT2D eigenvalue weighted by Gasteiger charge is -2.22. The van der Waals surface area contributed by atoms with E-state index in [1.807, 2.05) is 12.1 Å². The van der Waals surface area contributed by atoms with E-state index in [0.29, 0.717) is 12.1 Å². The van der Waals surface area contributed by atoms with Crippen LogP contribution in [-0.2, 0) is 19.4 Å². The molecule has 1 fully saturated rings. The zero-order valence-electron chi connectivity index (χ0n) is 18.6. The van der Waals surface area contributed by atoms with Gasteiger partial charge in [0.2, 0.25) is 0 Å². The Hall–Kier alpha value is -3.67. The number of carbonyl (C=O) groups excluding carboxylic acids is 1. The van der Waals surface area contributed by atoms with Crippen LogP contribution in [0.3, 0.4) is 0 Å². The number of rotatable bonds is 8. The molecule has 0 aliphatic heterocycles. The van der Waals surface area contributed by atoms with Gasteiger partial charge in [-0.25, -0.2) is 9.97 Å². The zero-order chi connectivity index (χ0) is 22.7. The number of fused-ring (bicyclic) bond motifs is 1. The maximum atomic E-state index is 12.5. The van der Waals surface area contributed by atoms with Crippen molar-refractivity contribution in [3.63, 3.8) is 0 Å². The van der Waals surface area contributed by atoms with Gasteiger partial charge in [-0.05, 0) is 73.4 Å². The molecule has 1 amide bonds. The minimum absolute atomic E-state index is 0.180. The summed E-state index contributed by atoms with van der Waals surface area (Å²) in [5.41, 5.74) is 4.76. The van der Waals surface area contributed by atoms with E-state index in [1.54, 1.807) is 0 Å². The number of hydrogen-bond acceptors (Lipinski definition) is 5. The highest BCUT2D eigenvalue weighted by Crippen LogP contribution is 2.40. The molecule has 5 rings (SSSR count). The largest absolute Gasteiger partial charge is 0.457 e. The Kier molecular flexibility index (Phi) is 5.82. The molecule has 3 aromatic rings. The molecule has 33 heavy (non-hydrogen) atoms. The molecule has 2 aliphatic carbocycles. The summed E-state index contributed by atoms with van der Waals surface area (Å²) in [5, 5.41) is 6.47. The lowest BCUT2D eigenvalue weighted by Crippen LogP contribution is -2.42. The fourth-order valence-electron chi connectivity index (χ4n) is 4.36. The molecule has 2 aromatic carbocycles. The summed E-state index contributed by atoms with van der Waals surface area (Å²) in [6.45, 7) is 4.81. The summed E-state index contributed by atoms with van der Waals surface area (Å²) < 4.78 is 6.21. The van der Waals surface area contributed by atoms with Gasteiger partial charge in [-0.15, -0.1) is 0 Å². The third kappa shape index (κ3) is 4.75. The predicted molar refractivity (Wildman–Crippen MR) is 127 cm³/mol. The van der Waals surface area contributed by atoms with Gasteiger partial charge in [0.1, 0.15) is 17.8 Å². The van der Waals surface area contributed by atoms with Gasteiger partial charge in [-0.3, -0.25) is 4.79 Å². The number of nitrogens with one attached hydrogen (secondary N) is 2. The Morgan fingerprint density at radius 3 is 2.55 bits per heavy atom. The van der Waals surface area contributed by atoms with Gasteiger partial charge in [0.05, 0.1) is 11.1 Å². The van der Waals surface area contributed by atoms with Crippen LogP contribution in [0.4, 0.5) is 0 Å². The molecule has 0 radical (unpaired) electrons. The van der Waals surface area contributed by atoms with Crippen LogP contribution in [0.25, 0.3) is 0 Å². The average Bonchev–Trinajstić information content (AvgIpc) is 3.65. The van der Waals surface area contributed by atoms with Crippen LogP contribution in [-0.4, -0.2) is 21.4 Å². The normalized spacial score (nSPS) is 15.8. The molecule has 168 valence electrons. The van der Waals surface area contributed by atoms with Crippen molar-refractivity contribution in [3.05, 3.63) is 95.7 Å². The molecule has 2 N–H and O–H groups in total. The first-order valence-corrected chi connectivity index (χ1v) is 11.5. The topological polar surface area (TPSA) is 76.1 Å². The van der Waals surface area contributed by atoms with Gasteiger partial charge in [-0.1, -0.05) is 30.8 Å². The van der Waals surface area contributed by atoms with Gasteiger partial charge in [0.15, 0.2) is 0 Å². The number of nitrogens with zero attached hydrogens (tertiary/aromatic N) is 2. The van der Waals surface area contributed by atoms with Crippen molar-refractivity contribution < 1.29 is 9.53 Å². The minimum Gasteiger partial charge on any atom is -0.457 e. The smallest absolute Gasteiger partial charge is 0.255 e. The van der Waals surface area contributed by atoms with E-state index < -0.39 is 5.54 Å². The molecule has 6 nitrogen and oxygen atoms in total. The Morgan fingerprint density at radius 2 is 1.79 bits per heavy atom. The lowest BCUT2D eigenvalue weighted by atomic mass is 9.91. The van der Waals surface area contributed by atoms with Crippen molar-refractivity contribution in [3.8, 4) is 11.5 Å². The van der Waals surface area contributed by atoms with Crippen LogP contribution in [0, 0.1) is 0 Å². The van der Waals surface area contributed by atoms with Gasteiger partial charge in [-0.2, -0.15) is 0 Å². The van der Waals surface area contributed by atoms with Crippen LogP contribution >= 0.6 is 0 Å². The maximum absolute atomic E-state index is 12.5. The Morgan fingerprint density at radius 1 is 1.03 bits per heavy atom. The average molecular weight is 441 g/mol. The third-order valence-corrected chi connectivity index (χ3v) is 6.51. The molecule has 0 spiro atoms. The van der Waals surface area contributed by atoms with Gasteiger partial charge < -0.3 is 15.4 Å². The third-order valence-electron chi connectivity index (χ3n) is 6.51. The molecule has 1 heterocycles. The van der Waals surface area contributed by atoms with Crippen LogP contribution in [0.5, 0.6) is 11.5 Å². The first-order valence-electron chi connectivity index (χ1n) is 11.5. The van der Waals surface area contributed by atoms with E-state index in [4.69, 9.17) is 4.74 Å². The molecule has 1 saturated carbocycles. The van der Waals surface area contributed by atoms with Gasteiger partial charge in [0, 0.05) is 24.6 Å². The Balaban J connectivity index is 1.17. The molecule has 0 bridgehead atoms. The number of ether oxygens (including phenoxy) is 1. The summed E-state index contributed by atoms with van der Waals surface area (Å²) in [7, 11) is 0. The van der Waals surface area contributed by atoms with E-state index >= 15 is 0 Å². The molecule has 0 saturated heterocycles. The SMILES string of the molecule is C=C(NCc1ccc(Oc2cccc3c2CCCC3)cc1)C1(NC(=O)c2cncnc2)CC1. The summed E-state index contributed by atoms with van der Waals surface area (Å²) in [6.07, 6.45) is 10.9. The second-order valence-corrected chi connectivity index (χ2v) is 8.84. The predicted octanol–water partition coefficient (Wildman–Crippen LogP) is 4.71.